The van der Waals surface area contributed by atoms with Crippen LogP contribution >= 0.6 is 0 Å². The zero-order chi connectivity index (χ0) is 15.6. The molecule has 0 N–H and O–H groups in total. The Bertz CT molecular complexity index is 313. The first-order chi connectivity index (χ1) is 9.88. The lowest BCUT2D eigenvalue weighted by atomic mass is 10.1. The van der Waals surface area contributed by atoms with Gasteiger partial charge in [0.1, 0.15) is 0 Å². The Labute approximate surface area is 126 Å². The van der Waals surface area contributed by atoms with Gasteiger partial charge in [0.15, 0.2) is 0 Å². The molecule has 0 aromatic heterocycles. The zero-order valence-electron chi connectivity index (χ0n) is 14.0. The normalized spacial score (nSPS) is 12.9. The monoisotopic (exact) mass is 272 g/mol. The maximum Gasteiger partial charge on any atom is -0.0165 e. The van der Waals surface area contributed by atoms with Crippen LogP contribution in [0.4, 0.5) is 0 Å². The van der Waals surface area contributed by atoms with Gasteiger partial charge in [-0.05, 0) is 31.3 Å². The van der Waals surface area contributed by atoms with E-state index in [2.05, 4.69) is 25.7 Å². The molecular formula is C20H32. The van der Waals surface area contributed by atoms with E-state index in [0.717, 1.165) is 5.92 Å². The van der Waals surface area contributed by atoms with Crippen LogP contribution in [0.2, 0.25) is 0 Å². The summed E-state index contributed by atoms with van der Waals surface area (Å²) in [6, 6.07) is 12.0. The van der Waals surface area contributed by atoms with Crippen molar-refractivity contribution in [2.75, 3.05) is 0 Å². The third-order valence-electron chi connectivity index (χ3n) is 2.47. The Morgan fingerprint density at radius 2 is 1.30 bits per heavy atom. The van der Waals surface area contributed by atoms with Gasteiger partial charge in [0.05, 0.1) is 0 Å². The van der Waals surface area contributed by atoms with Crippen LogP contribution in [-0.4, -0.2) is 0 Å². The number of hydrogen-bond acceptors (Lipinski definition) is 0. The molecule has 0 nitrogen and oxygen atoms in total. The quantitative estimate of drug-likeness (QED) is 0.529. The largest absolute Gasteiger partial charge is 0.0991 e. The maximum atomic E-state index is 3.63. The summed E-state index contributed by atoms with van der Waals surface area (Å²) in [4.78, 5) is 0. The minimum atomic E-state index is 0.862. The van der Waals surface area contributed by atoms with E-state index in [1.165, 1.54) is 18.4 Å². The van der Waals surface area contributed by atoms with Crippen LogP contribution in [0.15, 0.2) is 72.9 Å². The van der Waals surface area contributed by atoms with Gasteiger partial charge in [0.25, 0.3) is 0 Å². The molecule has 0 radical (unpaired) electrons. The Hall–Kier alpha value is -1.56. The molecule has 1 saturated carbocycles. The van der Waals surface area contributed by atoms with Crippen molar-refractivity contribution in [2.24, 2.45) is 5.92 Å². The van der Waals surface area contributed by atoms with Crippen molar-refractivity contribution in [2.45, 2.75) is 47.5 Å². The Kier molecular flexibility index (Phi) is 18.1. The second-order valence-electron chi connectivity index (χ2n) is 3.81. The predicted molar refractivity (Wildman–Crippen MR) is 95.0 cm³/mol. The summed E-state index contributed by atoms with van der Waals surface area (Å²) in [6.07, 6.45) is 10.9. The van der Waals surface area contributed by atoms with Gasteiger partial charge in [0, 0.05) is 0 Å². The Balaban J connectivity index is 0. The van der Waals surface area contributed by atoms with Crippen molar-refractivity contribution in [3.8, 4) is 0 Å². The van der Waals surface area contributed by atoms with Crippen molar-refractivity contribution in [1.29, 1.82) is 0 Å². The molecule has 0 aliphatic heterocycles. The fourth-order valence-corrected chi connectivity index (χ4v) is 1.45. The number of hydrogen-bond donors (Lipinski definition) is 0. The summed E-state index contributed by atoms with van der Waals surface area (Å²) in [5, 5.41) is 0. The van der Waals surface area contributed by atoms with Gasteiger partial charge < -0.3 is 0 Å². The standard InChI is InChI=1S/C10H14.C6H6.2C2H6/c1-3-5-6-9(4-2)10-7-8-10;1-2-4-6-5-3-1;2*1-2/h3-6,10H,1,7-8H2,2H3;1-6H;2*1-2H3/b6-5-,9-4+;;;. The first-order valence-corrected chi connectivity index (χ1v) is 7.83. The number of rotatable bonds is 3. The summed E-state index contributed by atoms with van der Waals surface area (Å²) in [7, 11) is 0. The van der Waals surface area contributed by atoms with Crippen LogP contribution in [0.3, 0.4) is 0 Å². The highest BCUT2D eigenvalue weighted by Gasteiger charge is 2.23. The molecule has 20 heavy (non-hydrogen) atoms. The second kappa shape index (κ2) is 17.4. The van der Waals surface area contributed by atoms with Crippen LogP contribution in [0.5, 0.6) is 0 Å². The number of allylic oxidation sites excluding steroid dienone is 5. The van der Waals surface area contributed by atoms with E-state index >= 15 is 0 Å². The molecule has 1 aromatic rings. The van der Waals surface area contributed by atoms with Crippen molar-refractivity contribution in [3.05, 3.63) is 72.9 Å². The Morgan fingerprint density at radius 1 is 0.900 bits per heavy atom. The first kappa shape index (κ1) is 20.8. The van der Waals surface area contributed by atoms with Crippen LogP contribution in [0, 0.1) is 5.92 Å². The van der Waals surface area contributed by atoms with Crippen molar-refractivity contribution >= 4 is 0 Å². The van der Waals surface area contributed by atoms with Gasteiger partial charge in [-0.3, -0.25) is 0 Å². The molecule has 0 spiro atoms. The molecule has 1 fully saturated rings. The minimum absolute atomic E-state index is 0.862. The SMILES string of the molecule is C=C/C=C\C(=C/C)C1CC1.CC.CC.c1ccccc1. The molecule has 0 heteroatoms. The molecule has 0 bridgehead atoms. The molecule has 1 aliphatic carbocycles. The molecule has 1 aromatic carbocycles. The molecule has 0 atom stereocenters. The van der Waals surface area contributed by atoms with E-state index in [1.54, 1.807) is 0 Å². The second-order valence-corrected chi connectivity index (χ2v) is 3.81. The van der Waals surface area contributed by atoms with E-state index in [1.807, 2.05) is 76.2 Å². The molecule has 0 unspecified atom stereocenters. The van der Waals surface area contributed by atoms with Crippen LogP contribution in [0.1, 0.15) is 47.5 Å². The zero-order valence-corrected chi connectivity index (χ0v) is 14.0. The average Bonchev–Trinajstić information content (AvgIpc) is 3.39. The van der Waals surface area contributed by atoms with Gasteiger partial charge in [-0.25, -0.2) is 0 Å². The van der Waals surface area contributed by atoms with E-state index in [0.29, 0.717) is 0 Å². The topological polar surface area (TPSA) is 0 Å². The molecule has 112 valence electrons. The summed E-state index contributed by atoms with van der Waals surface area (Å²) in [5.41, 5.74) is 1.47. The van der Waals surface area contributed by atoms with Crippen LogP contribution in [0.25, 0.3) is 0 Å². The summed E-state index contributed by atoms with van der Waals surface area (Å²) in [5.74, 6) is 0.862. The third kappa shape index (κ3) is 12.9. The van der Waals surface area contributed by atoms with Gasteiger partial charge >= 0.3 is 0 Å². The highest BCUT2D eigenvalue weighted by Crippen LogP contribution is 2.36. The molecule has 0 heterocycles. The molecular weight excluding hydrogens is 240 g/mol. The van der Waals surface area contributed by atoms with E-state index < -0.39 is 0 Å². The Morgan fingerprint density at radius 3 is 1.55 bits per heavy atom. The highest BCUT2D eigenvalue weighted by atomic mass is 14.3. The van der Waals surface area contributed by atoms with E-state index in [4.69, 9.17) is 0 Å². The van der Waals surface area contributed by atoms with Crippen molar-refractivity contribution in [3.63, 3.8) is 0 Å². The van der Waals surface area contributed by atoms with Crippen LogP contribution in [-0.2, 0) is 0 Å². The lowest BCUT2D eigenvalue weighted by Crippen LogP contribution is -1.77. The van der Waals surface area contributed by atoms with E-state index in [-0.39, 0.29) is 0 Å². The third-order valence-corrected chi connectivity index (χ3v) is 2.47. The molecule has 0 saturated heterocycles. The smallest absolute Gasteiger partial charge is 0.0165 e. The fraction of sp³-hybridized carbons (Fsp3) is 0.400. The molecule has 1 aliphatic rings. The maximum absolute atomic E-state index is 3.63. The lowest BCUT2D eigenvalue weighted by molar-refractivity contribution is 1.05. The fourth-order valence-electron chi connectivity index (χ4n) is 1.45. The summed E-state index contributed by atoms with van der Waals surface area (Å²) >= 11 is 0. The van der Waals surface area contributed by atoms with Gasteiger partial charge in [-0.15, -0.1) is 0 Å². The predicted octanol–water partition coefficient (Wildman–Crippen LogP) is 6.82. The average molecular weight is 272 g/mol. The highest BCUT2D eigenvalue weighted by molar-refractivity contribution is 5.26. The van der Waals surface area contributed by atoms with Gasteiger partial charge in [-0.2, -0.15) is 0 Å². The van der Waals surface area contributed by atoms with Crippen molar-refractivity contribution < 1.29 is 0 Å². The summed E-state index contributed by atoms with van der Waals surface area (Å²) in [6.45, 7) is 13.7. The molecule has 2 rings (SSSR count). The lowest BCUT2D eigenvalue weighted by Gasteiger charge is -1.93. The minimum Gasteiger partial charge on any atom is -0.0991 e. The van der Waals surface area contributed by atoms with Gasteiger partial charge in [0.2, 0.25) is 0 Å². The summed E-state index contributed by atoms with van der Waals surface area (Å²) < 4.78 is 0. The van der Waals surface area contributed by atoms with Crippen LogP contribution < -0.4 is 0 Å². The van der Waals surface area contributed by atoms with Gasteiger partial charge in [-0.1, -0.05) is 95.0 Å². The van der Waals surface area contributed by atoms with Crippen molar-refractivity contribution in [1.82, 2.24) is 0 Å². The van der Waals surface area contributed by atoms with E-state index in [9.17, 15) is 0 Å². The molecule has 0 amide bonds. The first-order valence-electron chi connectivity index (χ1n) is 7.83. The number of benzene rings is 1.